The largest absolute Gasteiger partial charge is 0.379 e. The molecule has 1 fully saturated rings. The zero-order valence-corrected chi connectivity index (χ0v) is 17.5. The molecule has 3 heterocycles. The normalized spacial score (nSPS) is 14.2. The van der Waals surface area contributed by atoms with E-state index in [0.29, 0.717) is 0 Å². The number of aromatic nitrogens is 4. The van der Waals surface area contributed by atoms with Gasteiger partial charge in [-0.2, -0.15) is 10.2 Å². The van der Waals surface area contributed by atoms with E-state index in [1.165, 1.54) is 16.8 Å². The van der Waals surface area contributed by atoms with Crippen LogP contribution in [0.3, 0.4) is 0 Å². The highest BCUT2D eigenvalue weighted by Crippen LogP contribution is 2.05. The van der Waals surface area contributed by atoms with Crippen molar-refractivity contribution in [2.75, 3.05) is 32.8 Å². The Hall–Kier alpha value is -1.66. The predicted molar refractivity (Wildman–Crippen MR) is 108 cm³/mol. The van der Waals surface area contributed by atoms with Crippen LogP contribution in [0.5, 0.6) is 0 Å². The summed E-state index contributed by atoms with van der Waals surface area (Å²) in [6, 6.07) is 0. The lowest BCUT2D eigenvalue weighted by molar-refractivity contribution is 0.0359. The Kier molecular flexibility index (Phi) is 10.9. The number of rotatable bonds is 5. The fraction of sp³-hybridized carbons (Fsp3) is 0.700. The van der Waals surface area contributed by atoms with Gasteiger partial charge in [-0.3, -0.25) is 14.3 Å². The topological polar surface area (TPSA) is 48.1 Å². The third-order valence-corrected chi connectivity index (χ3v) is 4.50. The van der Waals surface area contributed by atoms with Crippen LogP contribution >= 0.6 is 0 Å². The van der Waals surface area contributed by atoms with Gasteiger partial charge in [0.2, 0.25) is 0 Å². The molecule has 0 spiro atoms. The van der Waals surface area contributed by atoms with Gasteiger partial charge in [0, 0.05) is 38.1 Å². The number of hydrogen-bond donors (Lipinski definition) is 0. The minimum absolute atomic E-state index is 0.872. The van der Waals surface area contributed by atoms with E-state index in [1.54, 1.807) is 0 Å². The van der Waals surface area contributed by atoms with Gasteiger partial charge in [-0.05, 0) is 38.3 Å². The van der Waals surface area contributed by atoms with Crippen LogP contribution in [0.25, 0.3) is 0 Å². The molecule has 0 atom stereocenters. The molecule has 0 amide bonds. The van der Waals surface area contributed by atoms with Crippen molar-refractivity contribution in [1.29, 1.82) is 0 Å². The van der Waals surface area contributed by atoms with Gasteiger partial charge >= 0.3 is 0 Å². The van der Waals surface area contributed by atoms with Gasteiger partial charge in [0.15, 0.2) is 0 Å². The SMILES string of the molecule is CC.CCc1cnn(CC)c1.Cc1cnn(CCN2CCOCC2)c1C. The van der Waals surface area contributed by atoms with Crippen molar-refractivity contribution in [1.82, 2.24) is 24.5 Å². The van der Waals surface area contributed by atoms with Gasteiger partial charge < -0.3 is 4.74 Å². The zero-order chi connectivity index (χ0) is 19.4. The highest BCUT2D eigenvalue weighted by Gasteiger charge is 2.10. The van der Waals surface area contributed by atoms with Crippen LogP contribution in [0, 0.1) is 13.8 Å². The van der Waals surface area contributed by atoms with Crippen LogP contribution in [0.2, 0.25) is 0 Å². The van der Waals surface area contributed by atoms with Crippen molar-refractivity contribution < 1.29 is 4.74 Å². The lowest BCUT2D eigenvalue weighted by Crippen LogP contribution is -2.38. The third-order valence-electron chi connectivity index (χ3n) is 4.50. The summed E-state index contributed by atoms with van der Waals surface area (Å²) in [7, 11) is 0. The summed E-state index contributed by atoms with van der Waals surface area (Å²) in [6.45, 7) is 19.3. The molecule has 0 aromatic carbocycles. The molecule has 2 aromatic heterocycles. The van der Waals surface area contributed by atoms with E-state index in [0.717, 1.165) is 52.4 Å². The van der Waals surface area contributed by atoms with Crippen molar-refractivity contribution >= 4 is 0 Å². The lowest BCUT2D eigenvalue weighted by Gasteiger charge is -2.26. The first-order chi connectivity index (χ1) is 12.6. The Morgan fingerprint density at radius 1 is 1.00 bits per heavy atom. The van der Waals surface area contributed by atoms with Gasteiger partial charge in [-0.1, -0.05) is 20.8 Å². The third kappa shape index (κ3) is 7.30. The van der Waals surface area contributed by atoms with Crippen molar-refractivity contribution in [3.05, 3.63) is 35.4 Å². The number of morpholine rings is 1. The second-order valence-corrected chi connectivity index (χ2v) is 6.15. The number of nitrogens with zero attached hydrogens (tertiary/aromatic N) is 5. The monoisotopic (exact) mass is 363 g/mol. The van der Waals surface area contributed by atoms with E-state index in [2.05, 4.69) is 53.7 Å². The molecular weight excluding hydrogens is 326 g/mol. The smallest absolute Gasteiger partial charge is 0.0594 e. The van der Waals surface area contributed by atoms with Crippen LogP contribution in [0.4, 0.5) is 0 Å². The Labute approximate surface area is 159 Å². The summed E-state index contributed by atoms with van der Waals surface area (Å²) in [5.41, 5.74) is 3.87. The van der Waals surface area contributed by atoms with E-state index < -0.39 is 0 Å². The summed E-state index contributed by atoms with van der Waals surface area (Å²) < 4.78 is 9.35. The first kappa shape index (κ1) is 22.4. The molecule has 0 N–H and O–H groups in total. The highest BCUT2D eigenvalue weighted by atomic mass is 16.5. The van der Waals surface area contributed by atoms with Crippen LogP contribution in [0.15, 0.2) is 18.6 Å². The summed E-state index contributed by atoms with van der Waals surface area (Å²) in [5.74, 6) is 0. The number of aryl methyl sites for hydroxylation is 3. The van der Waals surface area contributed by atoms with Crippen molar-refractivity contribution in [2.24, 2.45) is 0 Å². The van der Waals surface area contributed by atoms with Crippen molar-refractivity contribution in [3.63, 3.8) is 0 Å². The molecule has 0 aliphatic carbocycles. The lowest BCUT2D eigenvalue weighted by atomic mass is 10.3. The molecule has 0 bridgehead atoms. The van der Waals surface area contributed by atoms with E-state index in [9.17, 15) is 0 Å². The molecule has 6 nitrogen and oxygen atoms in total. The first-order valence-corrected chi connectivity index (χ1v) is 9.94. The van der Waals surface area contributed by atoms with Gasteiger partial charge in [0.25, 0.3) is 0 Å². The van der Waals surface area contributed by atoms with E-state index in [-0.39, 0.29) is 0 Å². The quantitative estimate of drug-likeness (QED) is 0.818. The Morgan fingerprint density at radius 3 is 2.15 bits per heavy atom. The predicted octanol–water partition coefficient (Wildman–Crippen LogP) is 3.32. The van der Waals surface area contributed by atoms with Gasteiger partial charge in [-0.15, -0.1) is 0 Å². The summed E-state index contributed by atoms with van der Waals surface area (Å²) >= 11 is 0. The Bertz CT molecular complexity index is 581. The second-order valence-electron chi connectivity index (χ2n) is 6.15. The van der Waals surface area contributed by atoms with Gasteiger partial charge in [0.1, 0.15) is 0 Å². The van der Waals surface area contributed by atoms with E-state index in [4.69, 9.17) is 4.74 Å². The molecule has 148 valence electrons. The second kappa shape index (κ2) is 12.7. The maximum atomic E-state index is 5.32. The fourth-order valence-electron chi connectivity index (χ4n) is 2.59. The molecule has 3 rings (SSSR count). The molecule has 1 saturated heterocycles. The maximum absolute atomic E-state index is 5.32. The minimum Gasteiger partial charge on any atom is -0.379 e. The van der Waals surface area contributed by atoms with Crippen LogP contribution in [-0.4, -0.2) is 57.3 Å². The Balaban J connectivity index is 0.000000263. The first-order valence-electron chi connectivity index (χ1n) is 9.94. The average Bonchev–Trinajstić information content (AvgIpc) is 3.30. The van der Waals surface area contributed by atoms with Crippen LogP contribution in [0.1, 0.15) is 44.5 Å². The zero-order valence-electron chi connectivity index (χ0n) is 17.5. The molecule has 0 radical (unpaired) electrons. The molecule has 6 heteroatoms. The molecule has 0 saturated carbocycles. The summed E-state index contributed by atoms with van der Waals surface area (Å²) in [6.07, 6.45) is 7.03. The molecular formula is C20H37N5O. The highest BCUT2D eigenvalue weighted by molar-refractivity contribution is 5.13. The van der Waals surface area contributed by atoms with E-state index >= 15 is 0 Å². The summed E-state index contributed by atoms with van der Waals surface area (Å²) in [4.78, 5) is 2.43. The summed E-state index contributed by atoms with van der Waals surface area (Å²) in [5, 5.41) is 8.48. The van der Waals surface area contributed by atoms with E-state index in [1.807, 2.05) is 30.9 Å². The van der Waals surface area contributed by atoms with Crippen molar-refractivity contribution in [2.45, 2.75) is 61.1 Å². The molecule has 1 aliphatic heterocycles. The van der Waals surface area contributed by atoms with Crippen molar-refractivity contribution in [3.8, 4) is 0 Å². The van der Waals surface area contributed by atoms with Gasteiger partial charge in [-0.25, -0.2) is 0 Å². The maximum Gasteiger partial charge on any atom is 0.0594 e. The fourth-order valence-corrected chi connectivity index (χ4v) is 2.59. The molecule has 2 aromatic rings. The minimum atomic E-state index is 0.872. The van der Waals surface area contributed by atoms with Gasteiger partial charge in [0.05, 0.1) is 32.2 Å². The molecule has 1 aliphatic rings. The molecule has 0 unspecified atom stereocenters. The number of ether oxygens (including phenoxy) is 1. The van der Waals surface area contributed by atoms with Crippen LogP contribution in [-0.2, 0) is 24.2 Å². The van der Waals surface area contributed by atoms with Crippen LogP contribution < -0.4 is 0 Å². The Morgan fingerprint density at radius 2 is 1.69 bits per heavy atom. The average molecular weight is 364 g/mol. The number of hydrogen-bond acceptors (Lipinski definition) is 4. The molecule has 26 heavy (non-hydrogen) atoms. The standard InChI is InChI=1S/C11H19N3O.C7H12N2.C2H6/c1-10-9-12-14(11(10)2)4-3-13-5-7-15-8-6-13;1-3-7-5-8-9(4-2)6-7;1-2/h9H,3-8H2,1-2H3;5-6H,3-4H2,1-2H3;1-2H3.